The summed E-state index contributed by atoms with van der Waals surface area (Å²) < 4.78 is 13.8. The van der Waals surface area contributed by atoms with Crippen LogP contribution in [-0.4, -0.2) is 44.4 Å². The Balaban J connectivity index is 1.68. The third-order valence-corrected chi connectivity index (χ3v) is 5.13. The number of aromatic hydroxyl groups is 1. The van der Waals surface area contributed by atoms with Crippen LogP contribution in [0.5, 0.6) is 5.75 Å². The molecule has 0 bridgehead atoms. The normalized spacial score (nSPS) is 16.4. The summed E-state index contributed by atoms with van der Waals surface area (Å²) in [5.41, 5.74) is 2.85. The molecule has 146 valence electrons. The molecule has 5 rings (SSSR count). The second-order valence-electron chi connectivity index (χ2n) is 7.11. The van der Waals surface area contributed by atoms with Gasteiger partial charge in [0, 0.05) is 29.7 Å². The fourth-order valence-electron chi connectivity index (χ4n) is 3.61. The van der Waals surface area contributed by atoms with Gasteiger partial charge in [-0.1, -0.05) is 6.07 Å². The van der Waals surface area contributed by atoms with E-state index in [0.717, 1.165) is 36.0 Å². The summed E-state index contributed by atoms with van der Waals surface area (Å²) in [5.74, 6) is 0.418. The predicted molar refractivity (Wildman–Crippen MR) is 109 cm³/mol. The molecule has 1 fully saturated rings. The zero-order valence-electron chi connectivity index (χ0n) is 15.5. The van der Waals surface area contributed by atoms with Gasteiger partial charge in [0.1, 0.15) is 17.4 Å². The number of halogens is 1. The molecule has 0 amide bonds. The first kappa shape index (κ1) is 17.6. The number of hydrogen-bond donors (Lipinski definition) is 4. The average molecular weight is 390 g/mol. The van der Waals surface area contributed by atoms with Crippen molar-refractivity contribution in [2.24, 2.45) is 0 Å². The number of phenols is 1. The summed E-state index contributed by atoms with van der Waals surface area (Å²) in [6.07, 6.45) is 4.54. The van der Waals surface area contributed by atoms with E-state index >= 15 is 0 Å². The number of aromatic nitrogens is 4. The maximum atomic E-state index is 13.8. The van der Waals surface area contributed by atoms with Gasteiger partial charge in [-0.25, -0.2) is 14.4 Å². The van der Waals surface area contributed by atoms with Crippen molar-refractivity contribution < 1.29 is 9.50 Å². The van der Waals surface area contributed by atoms with E-state index in [1.165, 1.54) is 18.2 Å². The van der Waals surface area contributed by atoms with Gasteiger partial charge < -0.3 is 15.7 Å². The van der Waals surface area contributed by atoms with Crippen LogP contribution in [-0.2, 0) is 0 Å². The van der Waals surface area contributed by atoms with Gasteiger partial charge in [0.2, 0.25) is 0 Å². The van der Waals surface area contributed by atoms with Crippen molar-refractivity contribution in [3.05, 3.63) is 54.6 Å². The van der Waals surface area contributed by atoms with Crippen LogP contribution in [0.3, 0.4) is 0 Å². The Morgan fingerprint density at radius 1 is 1.10 bits per heavy atom. The summed E-state index contributed by atoms with van der Waals surface area (Å²) >= 11 is 0. The molecule has 3 heterocycles. The molecule has 29 heavy (non-hydrogen) atoms. The highest BCUT2D eigenvalue weighted by Gasteiger charge is 2.19. The Morgan fingerprint density at radius 2 is 2.03 bits per heavy atom. The monoisotopic (exact) mass is 390 g/mol. The number of nitrogens with zero attached hydrogens (tertiary/aromatic N) is 3. The number of anilines is 1. The topological polar surface area (TPSA) is 98.8 Å². The van der Waals surface area contributed by atoms with Gasteiger partial charge in [-0.05, 0) is 48.9 Å². The predicted octanol–water partition coefficient (Wildman–Crippen LogP) is 3.31. The van der Waals surface area contributed by atoms with Gasteiger partial charge in [0.25, 0.3) is 0 Å². The molecule has 1 unspecified atom stereocenters. The summed E-state index contributed by atoms with van der Waals surface area (Å²) in [6.45, 7) is 1.79. The lowest BCUT2D eigenvalue weighted by Gasteiger charge is -2.16. The van der Waals surface area contributed by atoms with Crippen LogP contribution >= 0.6 is 0 Å². The molecule has 1 saturated heterocycles. The highest BCUT2D eigenvalue weighted by molar-refractivity contribution is 5.93. The highest BCUT2D eigenvalue weighted by Crippen LogP contribution is 2.33. The fraction of sp³-hybridized carbons (Fsp3) is 0.190. The lowest BCUT2D eigenvalue weighted by Crippen LogP contribution is -2.23. The number of fused-ring (bicyclic) bond motifs is 1. The third kappa shape index (κ3) is 3.38. The Hall–Kier alpha value is -3.52. The number of benzene rings is 2. The van der Waals surface area contributed by atoms with Crippen molar-refractivity contribution in [2.75, 3.05) is 18.4 Å². The zero-order chi connectivity index (χ0) is 19.8. The number of hydrogen-bond acceptors (Lipinski definition) is 6. The largest absolute Gasteiger partial charge is 0.507 e. The van der Waals surface area contributed by atoms with Crippen LogP contribution in [0.4, 0.5) is 10.2 Å². The van der Waals surface area contributed by atoms with Gasteiger partial charge in [-0.15, -0.1) is 0 Å². The number of phenolic OH excluding ortho intramolecular Hbond substituents is 1. The van der Waals surface area contributed by atoms with Gasteiger partial charge >= 0.3 is 0 Å². The standard InChI is InChI=1S/C21H19FN6O/c22-14-2-4-19(29)17(8-14)21-27-18-7-12(13-9-24-25-10-13)1-3-16(18)20(28-21)26-15-5-6-23-11-15/h1-4,7-10,15,23,29H,5-6,11H2,(H,24,25)(H,26,27,28). The molecule has 0 aliphatic carbocycles. The van der Waals surface area contributed by atoms with Gasteiger partial charge in [0.05, 0.1) is 17.3 Å². The van der Waals surface area contributed by atoms with Crippen molar-refractivity contribution in [3.63, 3.8) is 0 Å². The van der Waals surface area contributed by atoms with Crippen molar-refractivity contribution in [1.82, 2.24) is 25.5 Å². The van der Waals surface area contributed by atoms with E-state index in [1.54, 1.807) is 6.20 Å². The summed E-state index contributed by atoms with van der Waals surface area (Å²) in [4.78, 5) is 9.26. The van der Waals surface area contributed by atoms with Crippen molar-refractivity contribution in [2.45, 2.75) is 12.5 Å². The zero-order valence-corrected chi connectivity index (χ0v) is 15.5. The second-order valence-corrected chi connectivity index (χ2v) is 7.11. The lowest BCUT2D eigenvalue weighted by molar-refractivity contribution is 0.475. The maximum absolute atomic E-state index is 13.8. The molecule has 1 aliphatic rings. The first-order chi connectivity index (χ1) is 14.2. The van der Waals surface area contributed by atoms with Crippen LogP contribution < -0.4 is 10.6 Å². The summed E-state index contributed by atoms with van der Waals surface area (Å²) in [6, 6.07) is 9.92. The van der Waals surface area contributed by atoms with E-state index < -0.39 is 5.82 Å². The fourth-order valence-corrected chi connectivity index (χ4v) is 3.61. The molecule has 4 aromatic rings. The van der Waals surface area contributed by atoms with Crippen LogP contribution in [0, 0.1) is 5.82 Å². The molecule has 7 nitrogen and oxygen atoms in total. The Kier molecular flexibility index (Phi) is 4.33. The molecule has 2 aromatic heterocycles. The quantitative estimate of drug-likeness (QED) is 0.427. The molecule has 0 spiro atoms. The molecule has 0 radical (unpaired) electrons. The number of nitrogens with one attached hydrogen (secondary N) is 3. The van der Waals surface area contributed by atoms with Crippen molar-refractivity contribution >= 4 is 16.7 Å². The Bertz CT molecular complexity index is 1170. The minimum Gasteiger partial charge on any atom is -0.507 e. The average Bonchev–Trinajstić information content (AvgIpc) is 3.43. The summed E-state index contributed by atoms with van der Waals surface area (Å²) in [5, 5.41) is 24.7. The van der Waals surface area contributed by atoms with Gasteiger partial charge in [-0.2, -0.15) is 5.10 Å². The van der Waals surface area contributed by atoms with E-state index in [9.17, 15) is 9.50 Å². The minimum absolute atomic E-state index is 0.0646. The third-order valence-electron chi connectivity index (χ3n) is 5.13. The molecule has 4 N–H and O–H groups in total. The molecular formula is C21H19FN6O. The second kappa shape index (κ2) is 7.14. The van der Waals surface area contributed by atoms with Crippen LogP contribution in [0.15, 0.2) is 48.8 Å². The Labute approximate surface area is 166 Å². The molecular weight excluding hydrogens is 371 g/mol. The molecule has 0 saturated carbocycles. The number of aromatic amines is 1. The van der Waals surface area contributed by atoms with E-state index in [-0.39, 0.29) is 23.2 Å². The van der Waals surface area contributed by atoms with Crippen molar-refractivity contribution in [1.29, 1.82) is 0 Å². The van der Waals surface area contributed by atoms with Gasteiger partial charge in [0.15, 0.2) is 5.82 Å². The van der Waals surface area contributed by atoms with Crippen LogP contribution in [0.1, 0.15) is 6.42 Å². The van der Waals surface area contributed by atoms with Crippen molar-refractivity contribution in [3.8, 4) is 28.3 Å². The SMILES string of the molecule is Oc1ccc(F)cc1-c1nc(NC2CCNC2)c2ccc(-c3cn[nH]c3)cc2n1. The highest BCUT2D eigenvalue weighted by atomic mass is 19.1. The smallest absolute Gasteiger partial charge is 0.165 e. The maximum Gasteiger partial charge on any atom is 0.165 e. The van der Waals surface area contributed by atoms with E-state index in [0.29, 0.717) is 11.3 Å². The van der Waals surface area contributed by atoms with Gasteiger partial charge in [-0.3, -0.25) is 5.10 Å². The van der Waals surface area contributed by atoms with E-state index in [1.807, 2.05) is 24.4 Å². The minimum atomic E-state index is -0.455. The first-order valence-electron chi connectivity index (χ1n) is 9.44. The lowest BCUT2D eigenvalue weighted by atomic mass is 10.1. The first-order valence-corrected chi connectivity index (χ1v) is 9.44. The van der Waals surface area contributed by atoms with Crippen LogP contribution in [0.2, 0.25) is 0 Å². The number of rotatable bonds is 4. The molecule has 1 atom stereocenters. The molecule has 1 aliphatic heterocycles. The summed E-state index contributed by atoms with van der Waals surface area (Å²) in [7, 11) is 0. The van der Waals surface area contributed by atoms with E-state index in [2.05, 4.69) is 30.8 Å². The Morgan fingerprint density at radius 3 is 2.83 bits per heavy atom. The molecule has 2 aromatic carbocycles. The van der Waals surface area contributed by atoms with E-state index in [4.69, 9.17) is 0 Å². The molecule has 8 heteroatoms. The van der Waals surface area contributed by atoms with Crippen LogP contribution in [0.25, 0.3) is 33.4 Å². The number of H-pyrrole nitrogens is 1.